The van der Waals surface area contributed by atoms with Crippen LogP contribution in [-0.2, 0) is 4.79 Å². The largest absolute Gasteiger partial charge is 0.292 e. The number of aryl methyl sites for hydroxylation is 3. The van der Waals surface area contributed by atoms with Gasteiger partial charge in [0.1, 0.15) is 0 Å². The summed E-state index contributed by atoms with van der Waals surface area (Å²) in [6, 6.07) is 6.36. The Labute approximate surface area is 130 Å². The second kappa shape index (κ2) is 5.60. The van der Waals surface area contributed by atoms with E-state index in [9.17, 15) is 4.79 Å². The maximum atomic E-state index is 12.2. The van der Waals surface area contributed by atoms with Gasteiger partial charge in [0.25, 0.3) is 5.91 Å². The van der Waals surface area contributed by atoms with E-state index in [1.807, 2.05) is 38.5 Å². The van der Waals surface area contributed by atoms with Crippen LogP contribution in [0.15, 0.2) is 29.4 Å². The molecule has 0 aliphatic carbocycles. The highest BCUT2D eigenvalue weighted by Gasteiger charge is 2.21. The van der Waals surface area contributed by atoms with Gasteiger partial charge in [-0.1, -0.05) is 26.8 Å². The molecule has 1 amide bonds. The molecule has 0 spiro atoms. The minimum Gasteiger partial charge on any atom is -0.292 e. The van der Waals surface area contributed by atoms with Crippen LogP contribution in [0.2, 0.25) is 0 Å². The Bertz CT molecular complexity index is 725. The summed E-state index contributed by atoms with van der Waals surface area (Å²) in [5.41, 5.74) is 3.00. The number of hydrogen-bond donors (Lipinski definition) is 0. The first kappa shape index (κ1) is 15.7. The molecular formula is C17H22N2OS. The Kier molecular flexibility index (Phi) is 4.19. The van der Waals surface area contributed by atoms with Gasteiger partial charge in [0, 0.05) is 22.2 Å². The second-order valence-corrected chi connectivity index (χ2v) is 7.72. The molecule has 0 fully saturated rings. The lowest BCUT2D eigenvalue weighted by Gasteiger charge is -2.12. The van der Waals surface area contributed by atoms with Crippen LogP contribution in [0.4, 0.5) is 0 Å². The zero-order chi connectivity index (χ0) is 15.8. The third-order valence-corrected chi connectivity index (χ3v) is 3.99. The zero-order valence-electron chi connectivity index (χ0n) is 13.5. The van der Waals surface area contributed by atoms with Crippen molar-refractivity contribution in [1.29, 1.82) is 0 Å². The second-order valence-electron chi connectivity index (χ2n) is 6.51. The summed E-state index contributed by atoms with van der Waals surface area (Å²) in [4.78, 5) is 18.4. The summed E-state index contributed by atoms with van der Waals surface area (Å²) in [7, 11) is 0. The van der Waals surface area contributed by atoms with Gasteiger partial charge in [-0.25, -0.2) is 0 Å². The fourth-order valence-electron chi connectivity index (χ4n) is 2.06. The van der Waals surface area contributed by atoms with Gasteiger partial charge < -0.3 is 0 Å². The lowest BCUT2D eigenvalue weighted by molar-refractivity contribution is -0.125. The Balaban J connectivity index is 2.61. The third-order valence-electron chi connectivity index (χ3n) is 3.09. The SMILES string of the molecule is Cc1cc(C)cc(-n2cc(C)sc2=NC(=O)C(C)(C)C)c1. The first-order valence-corrected chi connectivity index (χ1v) is 7.85. The van der Waals surface area contributed by atoms with Gasteiger partial charge in [0.05, 0.1) is 0 Å². The average molecular weight is 302 g/mol. The topological polar surface area (TPSA) is 34.4 Å². The molecule has 1 heterocycles. The van der Waals surface area contributed by atoms with E-state index in [0.29, 0.717) is 0 Å². The van der Waals surface area contributed by atoms with Crippen LogP contribution in [0.1, 0.15) is 36.8 Å². The van der Waals surface area contributed by atoms with Crippen molar-refractivity contribution in [3.63, 3.8) is 0 Å². The van der Waals surface area contributed by atoms with Crippen LogP contribution in [0.5, 0.6) is 0 Å². The molecule has 1 aromatic carbocycles. The highest BCUT2D eigenvalue weighted by atomic mass is 32.1. The van der Waals surface area contributed by atoms with Gasteiger partial charge in [-0.15, -0.1) is 11.3 Å². The summed E-state index contributed by atoms with van der Waals surface area (Å²) in [6.07, 6.45) is 2.04. The summed E-state index contributed by atoms with van der Waals surface area (Å²) < 4.78 is 2.00. The normalized spacial score (nSPS) is 12.8. The first-order chi connectivity index (χ1) is 9.66. The van der Waals surface area contributed by atoms with Crippen molar-refractivity contribution >= 4 is 17.2 Å². The van der Waals surface area contributed by atoms with E-state index in [1.165, 1.54) is 11.1 Å². The van der Waals surface area contributed by atoms with Crippen LogP contribution >= 0.6 is 11.3 Å². The molecule has 3 nitrogen and oxygen atoms in total. The first-order valence-electron chi connectivity index (χ1n) is 7.04. The fraction of sp³-hybridized carbons (Fsp3) is 0.412. The van der Waals surface area contributed by atoms with Gasteiger partial charge >= 0.3 is 0 Å². The number of aromatic nitrogens is 1. The Morgan fingerprint density at radius 1 is 1.10 bits per heavy atom. The molecule has 21 heavy (non-hydrogen) atoms. The molecule has 2 rings (SSSR count). The molecule has 0 aliphatic rings. The molecule has 0 radical (unpaired) electrons. The smallest absolute Gasteiger partial charge is 0.253 e. The lowest BCUT2D eigenvalue weighted by atomic mass is 9.96. The predicted molar refractivity (Wildman–Crippen MR) is 87.9 cm³/mol. The molecule has 0 saturated heterocycles. The van der Waals surface area contributed by atoms with Gasteiger partial charge in [-0.05, 0) is 44.0 Å². The molecule has 0 N–H and O–H groups in total. The lowest BCUT2D eigenvalue weighted by Crippen LogP contribution is -2.23. The molecule has 0 atom stereocenters. The van der Waals surface area contributed by atoms with Crippen molar-refractivity contribution in [1.82, 2.24) is 4.57 Å². The van der Waals surface area contributed by atoms with Gasteiger partial charge in [0.15, 0.2) is 4.80 Å². The molecule has 0 saturated carbocycles. The van der Waals surface area contributed by atoms with E-state index < -0.39 is 5.41 Å². The van der Waals surface area contributed by atoms with Crippen molar-refractivity contribution in [3.05, 3.63) is 45.2 Å². The van der Waals surface area contributed by atoms with Crippen molar-refractivity contribution in [2.45, 2.75) is 41.5 Å². The highest BCUT2D eigenvalue weighted by Crippen LogP contribution is 2.17. The zero-order valence-corrected chi connectivity index (χ0v) is 14.3. The number of rotatable bonds is 1. The van der Waals surface area contributed by atoms with E-state index in [-0.39, 0.29) is 5.91 Å². The summed E-state index contributed by atoms with van der Waals surface area (Å²) in [6.45, 7) is 11.9. The molecule has 4 heteroatoms. The molecular weight excluding hydrogens is 280 g/mol. The fourth-order valence-corrected chi connectivity index (χ4v) is 2.89. The van der Waals surface area contributed by atoms with Crippen LogP contribution in [0.25, 0.3) is 5.69 Å². The average Bonchev–Trinajstić information content (AvgIpc) is 2.67. The highest BCUT2D eigenvalue weighted by molar-refractivity contribution is 7.09. The molecule has 1 aromatic heterocycles. The molecule has 0 unspecified atom stereocenters. The monoisotopic (exact) mass is 302 g/mol. The minimum atomic E-state index is -0.460. The Hall–Kier alpha value is -1.68. The molecule has 0 aliphatic heterocycles. The summed E-state index contributed by atoms with van der Waals surface area (Å²) >= 11 is 1.54. The molecule has 112 valence electrons. The standard InChI is InChI=1S/C17H22N2OS/c1-11-7-12(2)9-14(8-11)19-10-13(3)21-16(19)18-15(20)17(4,5)6/h7-10H,1-6H3. The summed E-state index contributed by atoms with van der Waals surface area (Å²) in [5, 5.41) is 0. The summed E-state index contributed by atoms with van der Waals surface area (Å²) in [5.74, 6) is -0.0949. The number of carbonyl (C=O) groups excluding carboxylic acids is 1. The predicted octanol–water partition coefficient (Wildman–Crippen LogP) is 3.94. The number of thiazole rings is 1. The van der Waals surface area contributed by atoms with E-state index in [4.69, 9.17) is 0 Å². The van der Waals surface area contributed by atoms with Gasteiger partial charge in [-0.3, -0.25) is 9.36 Å². The Morgan fingerprint density at radius 2 is 1.67 bits per heavy atom. The van der Waals surface area contributed by atoms with E-state index in [0.717, 1.165) is 15.4 Å². The number of carbonyl (C=O) groups is 1. The van der Waals surface area contributed by atoms with Crippen LogP contribution < -0.4 is 4.80 Å². The van der Waals surface area contributed by atoms with Crippen molar-refractivity contribution in [2.75, 3.05) is 0 Å². The Morgan fingerprint density at radius 3 is 2.19 bits per heavy atom. The van der Waals surface area contributed by atoms with Crippen molar-refractivity contribution < 1.29 is 4.79 Å². The molecule has 2 aromatic rings. The molecule has 0 bridgehead atoms. The van der Waals surface area contributed by atoms with Crippen LogP contribution in [-0.4, -0.2) is 10.5 Å². The van der Waals surface area contributed by atoms with Gasteiger partial charge in [0.2, 0.25) is 0 Å². The van der Waals surface area contributed by atoms with E-state index >= 15 is 0 Å². The van der Waals surface area contributed by atoms with Crippen molar-refractivity contribution in [2.24, 2.45) is 10.4 Å². The van der Waals surface area contributed by atoms with Crippen LogP contribution in [0, 0.1) is 26.2 Å². The number of amides is 1. The minimum absolute atomic E-state index is 0.0949. The third kappa shape index (κ3) is 3.70. The maximum absolute atomic E-state index is 12.2. The van der Waals surface area contributed by atoms with E-state index in [1.54, 1.807) is 11.3 Å². The number of benzene rings is 1. The van der Waals surface area contributed by atoms with Crippen LogP contribution in [0.3, 0.4) is 0 Å². The van der Waals surface area contributed by atoms with E-state index in [2.05, 4.69) is 37.0 Å². The quantitative estimate of drug-likeness (QED) is 0.785. The number of hydrogen-bond acceptors (Lipinski definition) is 2. The number of nitrogens with zero attached hydrogens (tertiary/aromatic N) is 2. The van der Waals surface area contributed by atoms with Gasteiger partial charge in [-0.2, -0.15) is 4.99 Å². The van der Waals surface area contributed by atoms with Crippen molar-refractivity contribution in [3.8, 4) is 5.69 Å². The maximum Gasteiger partial charge on any atom is 0.253 e.